The second kappa shape index (κ2) is 5.89. The van der Waals surface area contributed by atoms with Gasteiger partial charge in [0, 0.05) is 32.4 Å². The summed E-state index contributed by atoms with van der Waals surface area (Å²) in [5.41, 5.74) is 1.10. The predicted octanol–water partition coefficient (Wildman–Crippen LogP) is 0.949. The van der Waals surface area contributed by atoms with Crippen LogP contribution in [0.4, 0.5) is 0 Å². The Hall–Kier alpha value is -1.46. The lowest BCUT2D eigenvalue weighted by molar-refractivity contribution is -0.143. The van der Waals surface area contributed by atoms with E-state index in [1.54, 1.807) is 7.05 Å². The topological polar surface area (TPSA) is 54.5 Å². The molecule has 0 radical (unpaired) electrons. The number of rotatable bonds is 3. The fourth-order valence-electron chi connectivity index (χ4n) is 3.26. The van der Waals surface area contributed by atoms with Gasteiger partial charge in [0.15, 0.2) is 0 Å². The average molecular weight is 275 g/mol. The second-order valence-corrected chi connectivity index (χ2v) is 5.50. The molecule has 1 aromatic heterocycles. The largest absolute Gasteiger partial charge is 0.363 e. The molecule has 0 aromatic carbocycles. The summed E-state index contributed by atoms with van der Waals surface area (Å²) in [5, 5.41) is 2.68. The van der Waals surface area contributed by atoms with Crippen molar-refractivity contribution in [3.05, 3.63) is 30.1 Å². The van der Waals surface area contributed by atoms with E-state index in [0.717, 1.165) is 38.0 Å². The monoisotopic (exact) mass is 275 g/mol. The summed E-state index contributed by atoms with van der Waals surface area (Å²) in [4.78, 5) is 18.5. The van der Waals surface area contributed by atoms with Gasteiger partial charge < -0.3 is 10.1 Å². The van der Waals surface area contributed by atoms with Crippen LogP contribution in [0, 0.1) is 0 Å². The van der Waals surface area contributed by atoms with Crippen LogP contribution < -0.4 is 5.32 Å². The first kappa shape index (κ1) is 13.5. The van der Waals surface area contributed by atoms with Crippen molar-refractivity contribution in [3.8, 4) is 0 Å². The van der Waals surface area contributed by atoms with Crippen LogP contribution in [-0.4, -0.2) is 47.6 Å². The van der Waals surface area contributed by atoms with Gasteiger partial charge in [0.1, 0.15) is 6.10 Å². The fraction of sp³-hybridized carbons (Fsp3) is 0.600. The molecule has 2 aliphatic heterocycles. The van der Waals surface area contributed by atoms with Gasteiger partial charge in [0.2, 0.25) is 5.91 Å². The lowest BCUT2D eigenvalue weighted by Gasteiger charge is -2.35. The van der Waals surface area contributed by atoms with Crippen molar-refractivity contribution in [1.29, 1.82) is 0 Å². The third-order valence-electron chi connectivity index (χ3n) is 4.29. The third-order valence-corrected chi connectivity index (χ3v) is 4.29. The zero-order chi connectivity index (χ0) is 13.9. The highest BCUT2D eigenvalue weighted by Crippen LogP contribution is 2.32. The zero-order valence-corrected chi connectivity index (χ0v) is 11.8. The Balaban J connectivity index is 1.61. The maximum atomic E-state index is 11.7. The molecule has 3 atom stereocenters. The SMILES string of the molecule is CNC(=O)[C@@H]1CC[C@H]2[C@H](CCN2Cc2ccccn2)O1. The number of carbonyl (C=O) groups is 1. The number of likely N-dealkylation sites (N-methyl/N-ethyl adjacent to an activating group) is 1. The van der Waals surface area contributed by atoms with Crippen LogP contribution in [0.2, 0.25) is 0 Å². The van der Waals surface area contributed by atoms with E-state index >= 15 is 0 Å². The third kappa shape index (κ3) is 2.69. The first-order valence-corrected chi connectivity index (χ1v) is 7.29. The smallest absolute Gasteiger partial charge is 0.248 e. The number of hydrogen-bond donors (Lipinski definition) is 1. The van der Waals surface area contributed by atoms with Crippen molar-refractivity contribution < 1.29 is 9.53 Å². The number of nitrogens with zero attached hydrogens (tertiary/aromatic N) is 2. The summed E-state index contributed by atoms with van der Waals surface area (Å²) >= 11 is 0. The molecular weight excluding hydrogens is 254 g/mol. The number of amides is 1. The van der Waals surface area contributed by atoms with Crippen LogP contribution in [0.25, 0.3) is 0 Å². The Morgan fingerprint density at radius 1 is 1.45 bits per heavy atom. The summed E-state index contributed by atoms with van der Waals surface area (Å²) in [6.45, 7) is 1.89. The molecular formula is C15H21N3O2. The van der Waals surface area contributed by atoms with Crippen LogP contribution in [0.1, 0.15) is 25.0 Å². The highest BCUT2D eigenvalue weighted by molar-refractivity contribution is 5.80. The van der Waals surface area contributed by atoms with Gasteiger partial charge >= 0.3 is 0 Å². The molecule has 0 spiro atoms. The van der Waals surface area contributed by atoms with Gasteiger partial charge in [-0.1, -0.05) is 6.07 Å². The van der Waals surface area contributed by atoms with Crippen molar-refractivity contribution in [2.75, 3.05) is 13.6 Å². The lowest BCUT2D eigenvalue weighted by atomic mass is 9.98. The Kier molecular flexibility index (Phi) is 3.98. The number of aromatic nitrogens is 1. The molecule has 0 aliphatic carbocycles. The van der Waals surface area contributed by atoms with Crippen LogP contribution in [0.5, 0.6) is 0 Å². The average Bonchev–Trinajstić information content (AvgIpc) is 2.90. The van der Waals surface area contributed by atoms with E-state index in [9.17, 15) is 4.79 Å². The lowest BCUT2D eigenvalue weighted by Crippen LogP contribution is -2.47. The first-order chi connectivity index (χ1) is 9.78. The van der Waals surface area contributed by atoms with Crippen molar-refractivity contribution in [3.63, 3.8) is 0 Å². The van der Waals surface area contributed by atoms with E-state index in [0.29, 0.717) is 6.04 Å². The number of hydrogen-bond acceptors (Lipinski definition) is 4. The van der Waals surface area contributed by atoms with Crippen molar-refractivity contribution in [2.45, 2.75) is 44.1 Å². The molecule has 20 heavy (non-hydrogen) atoms. The summed E-state index contributed by atoms with van der Waals surface area (Å²) in [7, 11) is 1.67. The number of fused-ring (bicyclic) bond motifs is 1. The number of nitrogens with one attached hydrogen (secondary N) is 1. The van der Waals surface area contributed by atoms with Crippen LogP contribution in [0.3, 0.4) is 0 Å². The van der Waals surface area contributed by atoms with E-state index in [1.807, 2.05) is 18.3 Å². The summed E-state index contributed by atoms with van der Waals surface area (Å²) in [6.07, 6.45) is 4.59. The molecule has 0 bridgehead atoms. The summed E-state index contributed by atoms with van der Waals surface area (Å²) < 4.78 is 5.96. The molecule has 5 nitrogen and oxygen atoms in total. The van der Waals surface area contributed by atoms with Crippen molar-refractivity contribution in [1.82, 2.24) is 15.2 Å². The number of ether oxygens (including phenoxy) is 1. The molecule has 2 aliphatic rings. The quantitative estimate of drug-likeness (QED) is 0.892. The molecule has 0 saturated carbocycles. The normalized spacial score (nSPS) is 29.9. The Bertz CT molecular complexity index is 465. The van der Waals surface area contributed by atoms with Crippen LogP contribution in [0.15, 0.2) is 24.4 Å². The fourth-order valence-corrected chi connectivity index (χ4v) is 3.26. The number of likely N-dealkylation sites (tertiary alicyclic amines) is 1. The van der Waals surface area contributed by atoms with Gasteiger partial charge in [-0.2, -0.15) is 0 Å². The van der Waals surface area contributed by atoms with Gasteiger partial charge in [-0.15, -0.1) is 0 Å². The minimum atomic E-state index is -0.268. The molecule has 5 heteroatoms. The van der Waals surface area contributed by atoms with Gasteiger partial charge in [-0.3, -0.25) is 14.7 Å². The van der Waals surface area contributed by atoms with E-state index in [4.69, 9.17) is 4.74 Å². The number of carbonyl (C=O) groups excluding carboxylic acids is 1. The Morgan fingerprint density at radius 3 is 3.10 bits per heavy atom. The van der Waals surface area contributed by atoms with Crippen molar-refractivity contribution >= 4 is 5.91 Å². The summed E-state index contributed by atoms with van der Waals surface area (Å²) in [6, 6.07) is 6.45. The van der Waals surface area contributed by atoms with Crippen LogP contribution in [-0.2, 0) is 16.1 Å². The van der Waals surface area contributed by atoms with Gasteiger partial charge in [-0.25, -0.2) is 0 Å². The molecule has 2 saturated heterocycles. The zero-order valence-electron chi connectivity index (χ0n) is 11.8. The molecule has 3 heterocycles. The first-order valence-electron chi connectivity index (χ1n) is 7.29. The molecule has 108 valence electrons. The van der Waals surface area contributed by atoms with Gasteiger partial charge in [0.05, 0.1) is 11.8 Å². The molecule has 1 aromatic rings. The van der Waals surface area contributed by atoms with Gasteiger partial charge in [0.25, 0.3) is 0 Å². The molecule has 1 N–H and O–H groups in total. The van der Waals surface area contributed by atoms with Crippen LogP contribution >= 0.6 is 0 Å². The number of pyridine rings is 1. The van der Waals surface area contributed by atoms with E-state index in [1.165, 1.54) is 0 Å². The standard InChI is InChI=1S/C15H21N3O2/c1-16-15(19)14-6-5-12-13(20-14)7-9-18(12)10-11-4-2-3-8-17-11/h2-4,8,12-14H,5-7,9-10H2,1H3,(H,16,19)/t12-,13-,14-/m0/s1. The minimum absolute atomic E-state index is 0.00614. The molecule has 0 unspecified atom stereocenters. The Morgan fingerprint density at radius 2 is 2.35 bits per heavy atom. The van der Waals surface area contributed by atoms with Crippen molar-refractivity contribution in [2.24, 2.45) is 0 Å². The van der Waals surface area contributed by atoms with E-state index < -0.39 is 0 Å². The second-order valence-electron chi connectivity index (χ2n) is 5.50. The van der Waals surface area contributed by atoms with E-state index in [2.05, 4.69) is 21.3 Å². The Labute approximate surface area is 119 Å². The molecule has 2 fully saturated rings. The minimum Gasteiger partial charge on any atom is -0.363 e. The maximum Gasteiger partial charge on any atom is 0.248 e. The summed E-state index contributed by atoms with van der Waals surface area (Å²) in [5.74, 6) is 0.00614. The van der Waals surface area contributed by atoms with Gasteiger partial charge in [-0.05, 0) is 31.4 Å². The molecule has 1 amide bonds. The highest BCUT2D eigenvalue weighted by Gasteiger charge is 2.41. The molecule has 3 rings (SSSR count). The predicted molar refractivity (Wildman–Crippen MR) is 75.0 cm³/mol. The highest BCUT2D eigenvalue weighted by atomic mass is 16.5. The van der Waals surface area contributed by atoms with E-state index in [-0.39, 0.29) is 18.1 Å². The maximum absolute atomic E-state index is 11.7.